The molecule has 0 aliphatic carbocycles. The van der Waals surface area contributed by atoms with Crippen LogP contribution < -0.4 is 10.6 Å². The first-order chi connectivity index (χ1) is 11.4. The van der Waals surface area contributed by atoms with Crippen molar-refractivity contribution in [1.82, 2.24) is 0 Å². The quantitative estimate of drug-likeness (QED) is 0.808. The molecule has 2 aromatic rings. The summed E-state index contributed by atoms with van der Waals surface area (Å²) in [6.45, 7) is 4.09. The standard InChI is InChI=1S/C18H19ClN2O3/c1-11-5-4-6-15(12(11)2)20-10-17(22)21-16-9-13(18(23)24-3)7-8-14(16)19/h4-9,20H,10H2,1-3H3,(H,21,22). The highest BCUT2D eigenvalue weighted by Crippen LogP contribution is 2.23. The number of esters is 1. The number of rotatable bonds is 5. The van der Waals surface area contributed by atoms with Gasteiger partial charge in [-0.05, 0) is 49.2 Å². The van der Waals surface area contributed by atoms with Gasteiger partial charge in [0.25, 0.3) is 0 Å². The molecule has 2 N–H and O–H groups in total. The summed E-state index contributed by atoms with van der Waals surface area (Å²) in [7, 11) is 1.29. The summed E-state index contributed by atoms with van der Waals surface area (Å²) in [5, 5.41) is 6.14. The summed E-state index contributed by atoms with van der Waals surface area (Å²) in [4.78, 5) is 23.7. The molecule has 0 fully saturated rings. The van der Waals surface area contributed by atoms with E-state index in [4.69, 9.17) is 11.6 Å². The van der Waals surface area contributed by atoms with Crippen molar-refractivity contribution in [2.75, 3.05) is 24.3 Å². The Morgan fingerprint density at radius 2 is 1.88 bits per heavy atom. The average molecular weight is 347 g/mol. The lowest BCUT2D eigenvalue weighted by molar-refractivity contribution is -0.114. The van der Waals surface area contributed by atoms with Crippen LogP contribution in [0.25, 0.3) is 0 Å². The Morgan fingerprint density at radius 3 is 2.58 bits per heavy atom. The van der Waals surface area contributed by atoms with Crippen molar-refractivity contribution in [1.29, 1.82) is 0 Å². The first-order valence-corrected chi connectivity index (χ1v) is 7.78. The van der Waals surface area contributed by atoms with Crippen LogP contribution >= 0.6 is 11.6 Å². The predicted molar refractivity (Wildman–Crippen MR) is 95.8 cm³/mol. The Bertz CT molecular complexity index is 775. The highest BCUT2D eigenvalue weighted by atomic mass is 35.5. The number of amides is 1. The molecule has 0 aliphatic rings. The molecule has 0 unspecified atom stereocenters. The summed E-state index contributed by atoms with van der Waals surface area (Å²) in [6.07, 6.45) is 0. The minimum atomic E-state index is -0.490. The second kappa shape index (κ2) is 7.84. The van der Waals surface area contributed by atoms with Crippen molar-refractivity contribution in [2.45, 2.75) is 13.8 Å². The molecule has 2 aromatic carbocycles. The van der Waals surface area contributed by atoms with Gasteiger partial charge in [0.1, 0.15) is 0 Å². The molecule has 0 aromatic heterocycles. The van der Waals surface area contributed by atoms with E-state index in [9.17, 15) is 9.59 Å². The maximum absolute atomic E-state index is 12.1. The van der Waals surface area contributed by atoms with Gasteiger partial charge >= 0.3 is 5.97 Å². The van der Waals surface area contributed by atoms with Crippen LogP contribution in [0.2, 0.25) is 5.02 Å². The van der Waals surface area contributed by atoms with E-state index in [1.165, 1.54) is 19.2 Å². The van der Waals surface area contributed by atoms with Gasteiger partial charge in [-0.2, -0.15) is 0 Å². The molecule has 0 radical (unpaired) electrons. The average Bonchev–Trinajstić information content (AvgIpc) is 2.57. The molecule has 6 heteroatoms. The Labute approximate surface area is 146 Å². The first-order valence-electron chi connectivity index (χ1n) is 7.40. The number of halogens is 1. The minimum absolute atomic E-state index is 0.0864. The summed E-state index contributed by atoms with van der Waals surface area (Å²) < 4.78 is 4.66. The number of nitrogens with one attached hydrogen (secondary N) is 2. The predicted octanol–water partition coefficient (Wildman–Crippen LogP) is 3.79. The molecular weight excluding hydrogens is 328 g/mol. The Morgan fingerprint density at radius 1 is 1.12 bits per heavy atom. The van der Waals surface area contributed by atoms with E-state index >= 15 is 0 Å². The van der Waals surface area contributed by atoms with E-state index in [2.05, 4.69) is 15.4 Å². The van der Waals surface area contributed by atoms with Crippen LogP contribution in [-0.2, 0) is 9.53 Å². The van der Waals surface area contributed by atoms with E-state index in [0.29, 0.717) is 16.3 Å². The van der Waals surface area contributed by atoms with E-state index in [1.807, 2.05) is 32.0 Å². The van der Waals surface area contributed by atoms with Crippen LogP contribution in [0, 0.1) is 13.8 Å². The third kappa shape index (κ3) is 4.26. The smallest absolute Gasteiger partial charge is 0.337 e. The van der Waals surface area contributed by atoms with Gasteiger partial charge in [0.2, 0.25) is 5.91 Å². The van der Waals surface area contributed by atoms with Crippen molar-refractivity contribution >= 4 is 34.9 Å². The van der Waals surface area contributed by atoms with E-state index in [1.54, 1.807) is 6.07 Å². The number of hydrogen-bond acceptors (Lipinski definition) is 4. The molecule has 0 heterocycles. The fourth-order valence-corrected chi connectivity index (χ4v) is 2.34. The van der Waals surface area contributed by atoms with Crippen LogP contribution in [0.5, 0.6) is 0 Å². The van der Waals surface area contributed by atoms with Gasteiger partial charge in [0.15, 0.2) is 0 Å². The number of methoxy groups -OCH3 is 1. The van der Waals surface area contributed by atoms with E-state index < -0.39 is 5.97 Å². The Balaban J connectivity index is 2.04. The first kappa shape index (κ1) is 17.8. The molecular formula is C18H19ClN2O3. The SMILES string of the molecule is COC(=O)c1ccc(Cl)c(NC(=O)CNc2cccc(C)c2C)c1. The number of benzene rings is 2. The molecule has 24 heavy (non-hydrogen) atoms. The van der Waals surface area contributed by atoms with Crippen molar-refractivity contribution in [2.24, 2.45) is 0 Å². The van der Waals surface area contributed by atoms with Gasteiger partial charge < -0.3 is 15.4 Å². The van der Waals surface area contributed by atoms with Crippen LogP contribution in [0.1, 0.15) is 21.5 Å². The number of aryl methyl sites for hydroxylation is 1. The van der Waals surface area contributed by atoms with Gasteiger partial charge in [-0.3, -0.25) is 4.79 Å². The van der Waals surface area contributed by atoms with Crippen molar-refractivity contribution in [3.05, 3.63) is 58.1 Å². The Kier molecular flexibility index (Phi) is 5.82. The minimum Gasteiger partial charge on any atom is -0.465 e. The number of carbonyl (C=O) groups excluding carboxylic acids is 2. The van der Waals surface area contributed by atoms with Crippen LogP contribution in [0.4, 0.5) is 11.4 Å². The summed E-state index contributed by atoms with van der Waals surface area (Å²) >= 11 is 6.06. The number of hydrogen-bond donors (Lipinski definition) is 2. The largest absolute Gasteiger partial charge is 0.465 e. The monoisotopic (exact) mass is 346 g/mol. The summed E-state index contributed by atoms with van der Waals surface area (Å²) in [5.41, 5.74) is 3.83. The molecule has 0 aliphatic heterocycles. The lowest BCUT2D eigenvalue weighted by Crippen LogP contribution is -2.22. The van der Waals surface area contributed by atoms with E-state index in [-0.39, 0.29) is 12.5 Å². The zero-order valence-corrected chi connectivity index (χ0v) is 14.5. The molecule has 0 bridgehead atoms. The molecule has 0 saturated carbocycles. The lowest BCUT2D eigenvalue weighted by atomic mass is 10.1. The van der Waals surface area contributed by atoms with E-state index in [0.717, 1.165) is 16.8 Å². The Hall–Kier alpha value is -2.53. The van der Waals surface area contributed by atoms with Crippen molar-refractivity contribution < 1.29 is 14.3 Å². The van der Waals surface area contributed by atoms with Crippen LogP contribution in [0.15, 0.2) is 36.4 Å². The molecule has 0 spiro atoms. The van der Waals surface area contributed by atoms with Gasteiger partial charge in [0, 0.05) is 5.69 Å². The maximum atomic E-state index is 12.1. The fourth-order valence-electron chi connectivity index (χ4n) is 2.18. The lowest BCUT2D eigenvalue weighted by Gasteiger charge is -2.12. The molecule has 126 valence electrons. The summed E-state index contributed by atoms with van der Waals surface area (Å²) in [6, 6.07) is 10.4. The number of ether oxygens (including phenoxy) is 1. The highest BCUT2D eigenvalue weighted by Gasteiger charge is 2.11. The fraction of sp³-hybridized carbons (Fsp3) is 0.222. The zero-order chi connectivity index (χ0) is 17.7. The molecule has 0 saturated heterocycles. The topological polar surface area (TPSA) is 67.4 Å². The normalized spacial score (nSPS) is 10.2. The highest BCUT2D eigenvalue weighted by molar-refractivity contribution is 6.33. The zero-order valence-electron chi connectivity index (χ0n) is 13.8. The van der Waals surface area contributed by atoms with Gasteiger partial charge in [-0.25, -0.2) is 4.79 Å². The van der Waals surface area contributed by atoms with Crippen molar-refractivity contribution in [3.8, 4) is 0 Å². The molecule has 2 rings (SSSR count). The third-order valence-corrected chi connectivity index (χ3v) is 4.04. The second-order valence-corrected chi connectivity index (χ2v) is 5.74. The van der Waals surface area contributed by atoms with Gasteiger partial charge in [-0.15, -0.1) is 0 Å². The molecule has 1 amide bonds. The van der Waals surface area contributed by atoms with Crippen molar-refractivity contribution in [3.63, 3.8) is 0 Å². The second-order valence-electron chi connectivity index (χ2n) is 5.34. The number of carbonyl (C=O) groups is 2. The van der Waals surface area contributed by atoms with Gasteiger partial charge in [-0.1, -0.05) is 23.7 Å². The third-order valence-electron chi connectivity index (χ3n) is 3.71. The summed E-state index contributed by atoms with van der Waals surface area (Å²) in [5.74, 6) is -0.754. The maximum Gasteiger partial charge on any atom is 0.337 e. The molecule has 5 nitrogen and oxygen atoms in total. The number of anilines is 2. The van der Waals surface area contributed by atoms with Crippen LogP contribution in [-0.4, -0.2) is 25.5 Å². The van der Waals surface area contributed by atoms with Crippen LogP contribution in [0.3, 0.4) is 0 Å². The molecule has 0 atom stereocenters. The van der Waals surface area contributed by atoms with Gasteiger partial charge in [0.05, 0.1) is 29.9 Å².